The fourth-order valence-corrected chi connectivity index (χ4v) is 2.72. The maximum atomic E-state index is 12.5. The number of tetrazole rings is 1. The topological polar surface area (TPSA) is 101 Å². The first kappa shape index (κ1) is 15.1. The summed E-state index contributed by atoms with van der Waals surface area (Å²) in [4.78, 5) is 26.4. The van der Waals surface area contributed by atoms with Crippen molar-refractivity contribution in [1.29, 1.82) is 0 Å². The van der Waals surface area contributed by atoms with Crippen LogP contribution in [0.15, 0.2) is 30.3 Å². The van der Waals surface area contributed by atoms with Gasteiger partial charge >= 0.3 is 5.97 Å². The molecule has 0 radical (unpaired) electrons. The molecule has 0 spiro atoms. The first-order valence-corrected chi connectivity index (χ1v) is 7.46. The van der Waals surface area contributed by atoms with Gasteiger partial charge in [0.2, 0.25) is 11.7 Å². The highest BCUT2D eigenvalue weighted by Crippen LogP contribution is 2.21. The number of rotatable bonds is 4. The number of aliphatic carboxylic acids is 1. The Morgan fingerprint density at radius 2 is 2.04 bits per heavy atom. The van der Waals surface area contributed by atoms with Gasteiger partial charge in [-0.25, -0.2) is 4.79 Å². The van der Waals surface area contributed by atoms with Crippen LogP contribution in [0.1, 0.15) is 25.8 Å². The first-order valence-electron chi connectivity index (χ1n) is 7.46. The predicted molar refractivity (Wildman–Crippen MR) is 80.3 cm³/mol. The molecule has 120 valence electrons. The maximum Gasteiger partial charge on any atom is 0.326 e. The Morgan fingerprint density at radius 1 is 1.30 bits per heavy atom. The number of benzene rings is 1. The maximum absolute atomic E-state index is 12.5. The highest BCUT2D eigenvalue weighted by molar-refractivity contribution is 5.86. The first-order chi connectivity index (χ1) is 11.1. The molecule has 1 N–H and O–H groups in total. The second-order valence-corrected chi connectivity index (χ2v) is 5.50. The normalized spacial score (nSPS) is 18.8. The number of carboxylic acid groups (broad SMARTS) is 1. The highest BCUT2D eigenvalue weighted by Gasteiger charge is 2.37. The number of nitrogens with zero attached hydrogens (tertiary/aromatic N) is 5. The highest BCUT2D eigenvalue weighted by atomic mass is 16.4. The van der Waals surface area contributed by atoms with Crippen molar-refractivity contribution in [3.8, 4) is 11.4 Å². The molecule has 1 aliphatic heterocycles. The number of amides is 1. The Labute approximate surface area is 132 Å². The number of carbonyl (C=O) groups excluding carboxylic acids is 1. The zero-order chi connectivity index (χ0) is 16.4. The zero-order valence-corrected chi connectivity index (χ0v) is 12.7. The summed E-state index contributed by atoms with van der Waals surface area (Å²) < 4.78 is 0. The van der Waals surface area contributed by atoms with Crippen LogP contribution in [0.3, 0.4) is 0 Å². The van der Waals surface area contributed by atoms with Gasteiger partial charge in [0.1, 0.15) is 12.1 Å². The van der Waals surface area contributed by atoms with Crippen molar-refractivity contribution in [1.82, 2.24) is 25.1 Å². The van der Waals surface area contributed by atoms with Crippen LogP contribution >= 0.6 is 0 Å². The SMILES string of the molecule is C[C@H](C(=O)N1CCC[C@@H]1C(=O)O)n1nnc(-c2ccccc2)n1. The van der Waals surface area contributed by atoms with Crippen molar-refractivity contribution in [2.75, 3.05) is 6.54 Å². The number of hydrogen-bond acceptors (Lipinski definition) is 5. The summed E-state index contributed by atoms with van der Waals surface area (Å²) in [6.07, 6.45) is 1.17. The molecule has 0 bridgehead atoms. The van der Waals surface area contributed by atoms with E-state index in [9.17, 15) is 14.7 Å². The van der Waals surface area contributed by atoms with E-state index in [1.165, 1.54) is 9.70 Å². The van der Waals surface area contributed by atoms with Crippen molar-refractivity contribution >= 4 is 11.9 Å². The van der Waals surface area contributed by atoms with Gasteiger partial charge in [0.25, 0.3) is 0 Å². The van der Waals surface area contributed by atoms with Gasteiger partial charge < -0.3 is 10.0 Å². The molecule has 2 atom stereocenters. The predicted octanol–water partition coefficient (Wildman–Crippen LogP) is 0.977. The van der Waals surface area contributed by atoms with Gasteiger partial charge in [-0.1, -0.05) is 30.3 Å². The minimum Gasteiger partial charge on any atom is -0.480 e. The van der Waals surface area contributed by atoms with Crippen LogP contribution in [-0.4, -0.2) is 54.7 Å². The Kier molecular flexibility index (Phi) is 4.05. The molecule has 1 saturated heterocycles. The molecule has 1 aromatic carbocycles. The van der Waals surface area contributed by atoms with Crippen LogP contribution in [0, 0.1) is 0 Å². The zero-order valence-electron chi connectivity index (χ0n) is 12.7. The second-order valence-electron chi connectivity index (χ2n) is 5.50. The largest absolute Gasteiger partial charge is 0.480 e. The third-order valence-corrected chi connectivity index (χ3v) is 3.98. The van der Waals surface area contributed by atoms with Gasteiger partial charge in [0, 0.05) is 12.1 Å². The summed E-state index contributed by atoms with van der Waals surface area (Å²) in [5.74, 6) is -0.840. The van der Waals surface area contributed by atoms with Gasteiger partial charge in [-0.2, -0.15) is 4.80 Å². The summed E-state index contributed by atoms with van der Waals surface area (Å²) in [5, 5.41) is 21.3. The van der Waals surface area contributed by atoms with Crippen molar-refractivity contribution in [3.63, 3.8) is 0 Å². The van der Waals surface area contributed by atoms with Crippen molar-refractivity contribution in [2.45, 2.75) is 31.8 Å². The fraction of sp³-hybridized carbons (Fsp3) is 0.400. The van der Waals surface area contributed by atoms with E-state index >= 15 is 0 Å². The van der Waals surface area contributed by atoms with Gasteiger partial charge in [-0.15, -0.1) is 10.2 Å². The Bertz CT molecular complexity index is 715. The minimum absolute atomic E-state index is 0.299. The van der Waals surface area contributed by atoms with Crippen LogP contribution in [0.2, 0.25) is 0 Å². The average molecular weight is 315 g/mol. The standard InChI is InChI=1S/C15H17N5O3/c1-10(14(21)19-9-5-8-12(19)15(22)23)20-17-13(16-18-20)11-6-3-2-4-7-11/h2-4,6-7,10,12H,5,8-9H2,1H3,(H,22,23)/t10-,12-/m1/s1. The van der Waals surface area contributed by atoms with E-state index in [4.69, 9.17) is 0 Å². The molecule has 0 unspecified atom stereocenters. The van der Waals surface area contributed by atoms with Crippen molar-refractivity contribution < 1.29 is 14.7 Å². The molecule has 2 heterocycles. The third kappa shape index (κ3) is 2.92. The Hall–Kier alpha value is -2.77. The molecule has 1 aromatic heterocycles. The second kappa shape index (κ2) is 6.15. The number of likely N-dealkylation sites (tertiary alicyclic amines) is 1. The van der Waals surface area contributed by atoms with Gasteiger partial charge in [0.05, 0.1) is 0 Å². The van der Waals surface area contributed by atoms with Crippen LogP contribution in [0.25, 0.3) is 11.4 Å². The summed E-state index contributed by atoms with van der Waals surface area (Å²) >= 11 is 0. The summed E-state index contributed by atoms with van der Waals surface area (Å²) in [5.41, 5.74) is 0.808. The number of hydrogen-bond donors (Lipinski definition) is 1. The molecular weight excluding hydrogens is 298 g/mol. The molecule has 8 heteroatoms. The van der Waals surface area contributed by atoms with Crippen molar-refractivity contribution in [3.05, 3.63) is 30.3 Å². The van der Waals surface area contributed by atoms with Crippen LogP contribution in [0.4, 0.5) is 0 Å². The molecule has 0 aliphatic carbocycles. The van der Waals surface area contributed by atoms with E-state index in [1.807, 2.05) is 30.3 Å². The Morgan fingerprint density at radius 3 is 2.74 bits per heavy atom. The van der Waals surface area contributed by atoms with Gasteiger partial charge in [0.15, 0.2) is 0 Å². The lowest BCUT2D eigenvalue weighted by atomic mass is 10.2. The van der Waals surface area contributed by atoms with E-state index in [2.05, 4.69) is 15.4 Å². The molecule has 1 amide bonds. The summed E-state index contributed by atoms with van der Waals surface area (Å²) in [7, 11) is 0. The average Bonchev–Trinajstić information content (AvgIpc) is 3.23. The molecule has 23 heavy (non-hydrogen) atoms. The monoisotopic (exact) mass is 315 g/mol. The molecule has 2 aromatic rings. The fourth-order valence-electron chi connectivity index (χ4n) is 2.72. The Balaban J connectivity index is 1.78. The van der Waals surface area contributed by atoms with E-state index < -0.39 is 18.1 Å². The van der Waals surface area contributed by atoms with Gasteiger partial charge in [-0.05, 0) is 25.0 Å². The van der Waals surface area contributed by atoms with Crippen LogP contribution in [0.5, 0.6) is 0 Å². The summed E-state index contributed by atoms with van der Waals surface area (Å²) in [6.45, 7) is 2.09. The smallest absolute Gasteiger partial charge is 0.326 e. The molecule has 1 aliphatic rings. The van der Waals surface area contributed by atoms with Crippen LogP contribution in [-0.2, 0) is 9.59 Å². The van der Waals surface area contributed by atoms with E-state index in [0.29, 0.717) is 25.2 Å². The number of carboxylic acids is 1. The lowest BCUT2D eigenvalue weighted by molar-refractivity contribution is -0.149. The lowest BCUT2D eigenvalue weighted by Crippen LogP contribution is -2.43. The molecule has 0 saturated carbocycles. The van der Waals surface area contributed by atoms with E-state index in [-0.39, 0.29) is 5.91 Å². The summed E-state index contributed by atoms with van der Waals surface area (Å²) in [6, 6.07) is 7.88. The van der Waals surface area contributed by atoms with E-state index in [1.54, 1.807) is 6.92 Å². The number of carbonyl (C=O) groups is 2. The molecular formula is C15H17N5O3. The third-order valence-electron chi connectivity index (χ3n) is 3.98. The van der Waals surface area contributed by atoms with E-state index in [0.717, 1.165) is 5.56 Å². The van der Waals surface area contributed by atoms with Crippen LogP contribution < -0.4 is 0 Å². The van der Waals surface area contributed by atoms with Gasteiger partial charge in [-0.3, -0.25) is 4.79 Å². The van der Waals surface area contributed by atoms with Crippen molar-refractivity contribution in [2.24, 2.45) is 0 Å². The molecule has 8 nitrogen and oxygen atoms in total. The minimum atomic E-state index is -0.973. The molecule has 3 rings (SSSR count). The molecule has 1 fully saturated rings. The number of aromatic nitrogens is 4. The lowest BCUT2D eigenvalue weighted by Gasteiger charge is -2.24. The quantitative estimate of drug-likeness (QED) is 0.902.